The number of hydrogen-bond donors (Lipinski definition) is 1. The highest BCUT2D eigenvalue weighted by Gasteiger charge is 2.16. The molecule has 0 aliphatic rings. The van der Waals surface area contributed by atoms with E-state index < -0.39 is 5.97 Å². The maximum atomic E-state index is 11.6. The monoisotopic (exact) mass is 318 g/mol. The van der Waals surface area contributed by atoms with Crippen LogP contribution in [0.5, 0.6) is 0 Å². The molecule has 2 rings (SSSR count). The van der Waals surface area contributed by atoms with E-state index in [-0.39, 0.29) is 0 Å². The molecule has 0 heterocycles. The fourth-order valence-electron chi connectivity index (χ4n) is 2.11. The van der Waals surface area contributed by atoms with Gasteiger partial charge in [-0.1, -0.05) is 42.4 Å². The first kappa shape index (κ1) is 16.0. The number of thioether (sulfide) groups is 1. The van der Waals surface area contributed by atoms with Gasteiger partial charge in [0.15, 0.2) is 0 Å². The van der Waals surface area contributed by atoms with Gasteiger partial charge in [-0.2, -0.15) is 0 Å². The minimum atomic E-state index is -0.862. The summed E-state index contributed by atoms with van der Waals surface area (Å²) < 4.78 is 0. The summed E-state index contributed by atoms with van der Waals surface area (Å²) in [4.78, 5) is 14.4. The standard InChI is InChI=1S/C17H18O2S2/c1-4-20-14-6-5-7-15(16(14)17(18)19)21-13-9-8-11(2)10-12(13)3/h5-10H,4H2,1-3H3,(H,18,19). The Kier molecular flexibility index (Phi) is 5.37. The number of carboxylic acid groups (broad SMARTS) is 1. The maximum Gasteiger partial charge on any atom is 0.337 e. The van der Waals surface area contributed by atoms with Crippen LogP contribution in [0.2, 0.25) is 0 Å². The summed E-state index contributed by atoms with van der Waals surface area (Å²) in [6.45, 7) is 6.14. The highest BCUT2D eigenvalue weighted by Crippen LogP contribution is 2.36. The Hall–Kier alpha value is -1.39. The molecule has 2 nitrogen and oxygen atoms in total. The first-order valence-electron chi connectivity index (χ1n) is 6.77. The fourth-order valence-corrected chi connectivity index (χ4v) is 4.05. The van der Waals surface area contributed by atoms with Crippen molar-refractivity contribution in [2.24, 2.45) is 0 Å². The van der Waals surface area contributed by atoms with E-state index in [1.165, 1.54) is 22.9 Å². The second-order valence-corrected chi connectivity index (χ2v) is 7.13. The normalized spacial score (nSPS) is 10.6. The summed E-state index contributed by atoms with van der Waals surface area (Å²) in [7, 11) is 0. The van der Waals surface area contributed by atoms with Crippen LogP contribution in [0, 0.1) is 13.8 Å². The van der Waals surface area contributed by atoms with Crippen molar-refractivity contribution < 1.29 is 9.90 Å². The van der Waals surface area contributed by atoms with E-state index in [9.17, 15) is 9.90 Å². The predicted octanol–water partition coefficient (Wildman–Crippen LogP) is 5.26. The van der Waals surface area contributed by atoms with Crippen LogP contribution < -0.4 is 0 Å². The molecular formula is C17H18O2S2. The quantitative estimate of drug-likeness (QED) is 0.763. The van der Waals surface area contributed by atoms with Crippen molar-refractivity contribution in [1.82, 2.24) is 0 Å². The molecule has 0 aliphatic heterocycles. The van der Waals surface area contributed by atoms with Crippen molar-refractivity contribution in [3.63, 3.8) is 0 Å². The topological polar surface area (TPSA) is 37.3 Å². The second-order valence-electron chi connectivity index (χ2n) is 4.74. The molecule has 0 aliphatic carbocycles. The third-order valence-electron chi connectivity index (χ3n) is 3.05. The molecule has 2 aromatic carbocycles. The SMILES string of the molecule is CCSc1cccc(Sc2ccc(C)cc2C)c1C(=O)O. The average Bonchev–Trinajstić information content (AvgIpc) is 2.42. The third-order valence-corrected chi connectivity index (χ3v) is 5.23. The first-order chi connectivity index (χ1) is 10.0. The molecule has 0 saturated carbocycles. The maximum absolute atomic E-state index is 11.6. The van der Waals surface area contributed by atoms with Crippen molar-refractivity contribution in [2.75, 3.05) is 5.75 Å². The Bertz CT molecular complexity index is 666. The molecule has 0 unspecified atom stereocenters. The zero-order chi connectivity index (χ0) is 15.4. The Morgan fingerprint density at radius 2 is 1.81 bits per heavy atom. The lowest BCUT2D eigenvalue weighted by Gasteiger charge is -2.12. The molecular weight excluding hydrogens is 300 g/mol. The molecule has 0 atom stereocenters. The van der Waals surface area contributed by atoms with Crippen LogP contribution in [-0.4, -0.2) is 16.8 Å². The molecule has 1 N–H and O–H groups in total. The van der Waals surface area contributed by atoms with Crippen LogP contribution in [0.25, 0.3) is 0 Å². The second kappa shape index (κ2) is 7.05. The number of carbonyl (C=O) groups is 1. The van der Waals surface area contributed by atoms with Gasteiger partial charge >= 0.3 is 5.97 Å². The van der Waals surface area contributed by atoms with Crippen molar-refractivity contribution in [2.45, 2.75) is 35.5 Å². The van der Waals surface area contributed by atoms with Gasteiger partial charge in [-0.05, 0) is 43.4 Å². The lowest BCUT2D eigenvalue weighted by molar-refractivity contribution is 0.0689. The van der Waals surface area contributed by atoms with Crippen molar-refractivity contribution >= 4 is 29.5 Å². The highest BCUT2D eigenvalue weighted by molar-refractivity contribution is 8.00. The first-order valence-corrected chi connectivity index (χ1v) is 8.57. The van der Waals surface area contributed by atoms with Gasteiger partial charge in [0.05, 0.1) is 5.56 Å². The predicted molar refractivity (Wildman–Crippen MR) is 89.8 cm³/mol. The number of hydrogen-bond acceptors (Lipinski definition) is 3. The molecule has 2 aromatic rings. The minimum absolute atomic E-state index is 0.411. The van der Waals surface area contributed by atoms with Gasteiger partial charge in [-0.15, -0.1) is 11.8 Å². The van der Waals surface area contributed by atoms with Gasteiger partial charge < -0.3 is 5.11 Å². The molecule has 21 heavy (non-hydrogen) atoms. The smallest absolute Gasteiger partial charge is 0.337 e. The van der Waals surface area contributed by atoms with Crippen LogP contribution in [0.3, 0.4) is 0 Å². The summed E-state index contributed by atoms with van der Waals surface area (Å²) in [5, 5.41) is 9.54. The lowest BCUT2D eigenvalue weighted by atomic mass is 10.2. The average molecular weight is 318 g/mol. The summed E-state index contributed by atoms with van der Waals surface area (Å²) >= 11 is 3.09. The van der Waals surface area contributed by atoms with E-state index in [2.05, 4.69) is 32.0 Å². The molecule has 0 aromatic heterocycles. The Morgan fingerprint density at radius 1 is 1.10 bits per heavy atom. The number of rotatable bonds is 5. The molecule has 0 amide bonds. The van der Waals surface area contributed by atoms with Gasteiger partial charge in [0.2, 0.25) is 0 Å². The van der Waals surface area contributed by atoms with Crippen molar-refractivity contribution in [3.05, 3.63) is 53.1 Å². The number of aryl methyl sites for hydroxylation is 2. The Labute approximate surface area is 134 Å². The number of benzene rings is 2. The summed E-state index contributed by atoms with van der Waals surface area (Å²) in [5.74, 6) is -0.00312. The number of carboxylic acids is 1. The Balaban J connectivity index is 2.43. The van der Waals surface area contributed by atoms with E-state index in [1.54, 1.807) is 11.8 Å². The molecule has 110 valence electrons. The molecule has 0 radical (unpaired) electrons. The fraction of sp³-hybridized carbons (Fsp3) is 0.235. The van der Waals surface area contributed by atoms with E-state index in [1.807, 2.05) is 25.1 Å². The van der Waals surface area contributed by atoms with Crippen LogP contribution >= 0.6 is 23.5 Å². The summed E-state index contributed by atoms with van der Waals surface area (Å²) in [6, 6.07) is 11.9. The lowest BCUT2D eigenvalue weighted by Crippen LogP contribution is -2.01. The van der Waals surface area contributed by atoms with E-state index in [0.717, 1.165) is 20.4 Å². The molecule has 0 bridgehead atoms. The third kappa shape index (κ3) is 3.83. The molecule has 4 heteroatoms. The van der Waals surface area contributed by atoms with E-state index in [0.29, 0.717) is 5.56 Å². The Morgan fingerprint density at radius 3 is 2.43 bits per heavy atom. The van der Waals surface area contributed by atoms with Gasteiger partial charge in [-0.25, -0.2) is 4.79 Å². The zero-order valence-electron chi connectivity index (χ0n) is 12.3. The molecule has 0 spiro atoms. The van der Waals surface area contributed by atoms with Crippen LogP contribution in [-0.2, 0) is 0 Å². The van der Waals surface area contributed by atoms with E-state index in [4.69, 9.17) is 0 Å². The molecule has 0 saturated heterocycles. The van der Waals surface area contributed by atoms with E-state index >= 15 is 0 Å². The van der Waals surface area contributed by atoms with Crippen LogP contribution in [0.15, 0.2) is 51.1 Å². The van der Waals surface area contributed by atoms with Gasteiger partial charge in [-0.3, -0.25) is 0 Å². The van der Waals surface area contributed by atoms with Crippen molar-refractivity contribution in [3.8, 4) is 0 Å². The van der Waals surface area contributed by atoms with Crippen molar-refractivity contribution in [1.29, 1.82) is 0 Å². The number of aromatic carboxylic acids is 1. The van der Waals surface area contributed by atoms with Gasteiger partial charge in [0.1, 0.15) is 0 Å². The summed E-state index contributed by atoms with van der Waals surface area (Å²) in [6.07, 6.45) is 0. The minimum Gasteiger partial charge on any atom is -0.478 e. The molecule has 0 fully saturated rings. The highest BCUT2D eigenvalue weighted by atomic mass is 32.2. The van der Waals surface area contributed by atoms with Crippen LogP contribution in [0.1, 0.15) is 28.4 Å². The summed E-state index contributed by atoms with van der Waals surface area (Å²) in [5.41, 5.74) is 2.80. The largest absolute Gasteiger partial charge is 0.478 e. The zero-order valence-corrected chi connectivity index (χ0v) is 14.0. The van der Waals surface area contributed by atoms with Crippen LogP contribution in [0.4, 0.5) is 0 Å². The van der Waals surface area contributed by atoms with Gasteiger partial charge in [0.25, 0.3) is 0 Å². The van der Waals surface area contributed by atoms with Gasteiger partial charge in [0, 0.05) is 14.7 Å².